The molecule has 0 saturated heterocycles. The molecule has 1 N–H and O–H groups in total. The fourth-order valence-electron chi connectivity index (χ4n) is 2.45. The number of alkyl halides is 1. The molecule has 114 valence electrons. The summed E-state index contributed by atoms with van der Waals surface area (Å²) in [7, 11) is 0. The van der Waals surface area contributed by atoms with Gasteiger partial charge in [-0.25, -0.2) is 8.78 Å². The first kappa shape index (κ1) is 15.3. The largest absolute Gasteiger partial charge is 0.358 e. The molecule has 0 fully saturated rings. The number of hydrogen-bond donors (Lipinski definition) is 1. The highest BCUT2D eigenvalue weighted by Gasteiger charge is 2.38. The monoisotopic (exact) mass is 384 g/mol. The Morgan fingerprint density at radius 1 is 1.09 bits per heavy atom. The van der Waals surface area contributed by atoms with Crippen LogP contribution in [-0.2, 0) is 0 Å². The molecule has 0 saturated carbocycles. The van der Waals surface area contributed by atoms with Gasteiger partial charge in [0.05, 0.1) is 11.3 Å². The van der Waals surface area contributed by atoms with Crippen molar-refractivity contribution in [2.45, 2.75) is 11.5 Å². The van der Waals surface area contributed by atoms with Crippen molar-refractivity contribution in [3.8, 4) is 0 Å². The van der Waals surface area contributed by atoms with Crippen molar-refractivity contribution < 1.29 is 8.78 Å². The Kier molecular flexibility index (Phi) is 3.87. The first-order chi connectivity index (χ1) is 10.4. The molecule has 2 aromatic rings. The van der Waals surface area contributed by atoms with Crippen LogP contribution in [0.2, 0.25) is 5.02 Å². The first-order valence-corrected chi connectivity index (χ1v) is 7.74. The predicted molar refractivity (Wildman–Crippen MR) is 88.7 cm³/mol. The number of hydrogen-bond acceptors (Lipinski definition) is 2. The van der Waals surface area contributed by atoms with Crippen LogP contribution in [0.4, 0.5) is 14.5 Å². The maximum atomic E-state index is 14.1. The molecule has 0 bridgehead atoms. The molecule has 1 aliphatic heterocycles. The summed E-state index contributed by atoms with van der Waals surface area (Å²) in [4.78, 5) is 1.77. The van der Waals surface area contributed by atoms with Gasteiger partial charge in [0.2, 0.25) is 0 Å². The fourth-order valence-corrected chi connectivity index (χ4v) is 3.09. The number of halogens is 4. The lowest BCUT2D eigenvalue weighted by molar-refractivity contribution is 0.574. The summed E-state index contributed by atoms with van der Waals surface area (Å²) in [5.41, 5.74) is 1.08. The van der Waals surface area contributed by atoms with Crippen molar-refractivity contribution >= 4 is 38.9 Å². The minimum atomic E-state index is -0.703. The van der Waals surface area contributed by atoms with Gasteiger partial charge in [0.15, 0.2) is 4.57 Å². The number of rotatable bonds is 2. The third-order valence-corrected chi connectivity index (χ3v) is 4.27. The molecule has 1 aliphatic rings. The molecule has 0 aliphatic carbocycles. The van der Waals surface area contributed by atoms with E-state index in [1.807, 2.05) is 6.92 Å². The maximum Gasteiger partial charge on any atom is 0.169 e. The van der Waals surface area contributed by atoms with Gasteiger partial charge in [-0.2, -0.15) is 0 Å². The van der Waals surface area contributed by atoms with Gasteiger partial charge in [0.25, 0.3) is 0 Å². The molecular weight excluding hydrogens is 374 g/mol. The van der Waals surface area contributed by atoms with Crippen molar-refractivity contribution in [2.24, 2.45) is 0 Å². The highest BCUT2D eigenvalue weighted by molar-refractivity contribution is 9.10. The molecule has 0 amide bonds. The molecule has 0 spiro atoms. The van der Waals surface area contributed by atoms with E-state index in [9.17, 15) is 8.78 Å². The normalized spacial score (nSPS) is 20.8. The number of anilines is 1. The Bertz CT molecular complexity index is 724. The summed E-state index contributed by atoms with van der Waals surface area (Å²) in [6.45, 7) is 1.85. The van der Waals surface area contributed by atoms with E-state index in [1.54, 1.807) is 35.4 Å². The van der Waals surface area contributed by atoms with Crippen molar-refractivity contribution in [1.29, 1.82) is 0 Å². The molecule has 3 rings (SSSR count). The van der Waals surface area contributed by atoms with E-state index in [-0.39, 0.29) is 5.56 Å². The minimum Gasteiger partial charge on any atom is -0.358 e. The summed E-state index contributed by atoms with van der Waals surface area (Å²) in [6.07, 6.45) is 1.59. The number of benzene rings is 2. The van der Waals surface area contributed by atoms with Crippen LogP contribution >= 0.6 is 27.5 Å². The zero-order valence-corrected chi connectivity index (χ0v) is 13.9. The third kappa shape index (κ3) is 2.59. The Labute approximate surface area is 140 Å². The average Bonchev–Trinajstić information content (AvgIpc) is 2.76. The van der Waals surface area contributed by atoms with Gasteiger partial charge < -0.3 is 10.2 Å². The third-order valence-electron chi connectivity index (χ3n) is 3.44. The second kappa shape index (κ2) is 5.56. The van der Waals surface area contributed by atoms with E-state index in [2.05, 4.69) is 21.2 Å². The van der Waals surface area contributed by atoms with Crippen molar-refractivity contribution in [3.05, 3.63) is 70.9 Å². The molecule has 22 heavy (non-hydrogen) atoms. The minimum absolute atomic E-state index is 0.0758. The molecular formula is C16H12BrClF2N2. The van der Waals surface area contributed by atoms with Crippen molar-refractivity contribution in [2.75, 3.05) is 4.90 Å². The zero-order chi connectivity index (χ0) is 15.9. The van der Waals surface area contributed by atoms with Gasteiger partial charge in [-0.05, 0) is 59.3 Å². The molecule has 1 unspecified atom stereocenters. The first-order valence-electron chi connectivity index (χ1n) is 6.57. The van der Waals surface area contributed by atoms with Gasteiger partial charge in [0.1, 0.15) is 11.6 Å². The second-order valence-corrected chi connectivity index (χ2v) is 7.02. The number of nitrogens with one attached hydrogen (secondary N) is 1. The highest BCUT2D eigenvalue weighted by Crippen LogP contribution is 2.40. The smallest absolute Gasteiger partial charge is 0.169 e. The summed E-state index contributed by atoms with van der Waals surface area (Å²) in [6, 6.07) is 10.9. The van der Waals surface area contributed by atoms with Gasteiger partial charge in [-0.3, -0.25) is 0 Å². The Balaban J connectivity index is 2.13. The van der Waals surface area contributed by atoms with E-state index in [0.29, 0.717) is 10.7 Å². The van der Waals surface area contributed by atoms with Gasteiger partial charge in [-0.15, -0.1) is 0 Å². The maximum absolute atomic E-state index is 14.1. The van der Waals surface area contributed by atoms with Crippen LogP contribution in [0.15, 0.2) is 48.7 Å². The molecule has 1 heterocycles. The Hall–Kier alpha value is -1.59. The number of nitrogens with zero attached hydrogens (tertiary/aromatic N) is 1. The SMILES string of the molecule is CC1(Br)NC=C(c2c(F)cccc2F)N1c1ccc(Cl)cc1. The second-order valence-electron chi connectivity index (χ2n) is 5.04. The average molecular weight is 386 g/mol. The molecule has 0 radical (unpaired) electrons. The summed E-state index contributed by atoms with van der Waals surface area (Å²) in [5.74, 6) is -1.23. The van der Waals surface area contributed by atoms with Crippen LogP contribution in [0.25, 0.3) is 5.70 Å². The van der Waals surface area contributed by atoms with Crippen molar-refractivity contribution in [1.82, 2.24) is 5.32 Å². The predicted octanol–water partition coefficient (Wildman–Crippen LogP) is 5.10. The van der Waals surface area contributed by atoms with E-state index in [4.69, 9.17) is 11.6 Å². The molecule has 2 nitrogen and oxygen atoms in total. The van der Waals surface area contributed by atoms with E-state index >= 15 is 0 Å². The summed E-state index contributed by atoms with van der Waals surface area (Å²) < 4.78 is 27.6. The topological polar surface area (TPSA) is 15.3 Å². The van der Waals surface area contributed by atoms with E-state index < -0.39 is 16.2 Å². The fraction of sp³-hybridized carbons (Fsp3) is 0.125. The van der Waals surface area contributed by atoms with Crippen molar-refractivity contribution in [3.63, 3.8) is 0 Å². The van der Waals surface area contributed by atoms with Gasteiger partial charge in [-0.1, -0.05) is 17.7 Å². The van der Waals surface area contributed by atoms with Crippen LogP contribution in [-0.4, -0.2) is 4.57 Å². The zero-order valence-electron chi connectivity index (χ0n) is 11.6. The Morgan fingerprint density at radius 3 is 2.27 bits per heavy atom. The lowest BCUT2D eigenvalue weighted by Gasteiger charge is -2.34. The summed E-state index contributed by atoms with van der Waals surface area (Å²) in [5, 5.41) is 3.67. The van der Waals surface area contributed by atoms with E-state index in [1.165, 1.54) is 18.2 Å². The van der Waals surface area contributed by atoms with Crippen LogP contribution in [0, 0.1) is 11.6 Å². The molecule has 2 aromatic carbocycles. The lowest BCUT2D eigenvalue weighted by atomic mass is 10.1. The lowest BCUT2D eigenvalue weighted by Crippen LogP contribution is -2.44. The molecule has 0 aromatic heterocycles. The standard InChI is InChI=1S/C16H12BrClF2N2/c1-16(17)21-9-14(15-12(19)3-2-4-13(15)20)22(16)11-7-5-10(18)6-8-11/h2-9,21H,1H3. The van der Waals surface area contributed by atoms with Gasteiger partial charge in [0, 0.05) is 16.9 Å². The van der Waals surface area contributed by atoms with Crippen LogP contribution in [0.1, 0.15) is 12.5 Å². The molecule has 1 atom stereocenters. The van der Waals surface area contributed by atoms with E-state index in [0.717, 1.165) is 5.69 Å². The van der Waals surface area contributed by atoms with Crippen LogP contribution < -0.4 is 10.2 Å². The van der Waals surface area contributed by atoms with Crippen LogP contribution in [0.5, 0.6) is 0 Å². The summed E-state index contributed by atoms with van der Waals surface area (Å²) >= 11 is 9.45. The molecule has 6 heteroatoms. The van der Waals surface area contributed by atoms with Crippen LogP contribution in [0.3, 0.4) is 0 Å². The van der Waals surface area contributed by atoms with Gasteiger partial charge >= 0.3 is 0 Å². The Morgan fingerprint density at radius 2 is 1.68 bits per heavy atom. The highest BCUT2D eigenvalue weighted by atomic mass is 79.9. The quantitative estimate of drug-likeness (QED) is 0.572.